The van der Waals surface area contributed by atoms with Crippen molar-refractivity contribution in [2.24, 2.45) is 0 Å². The van der Waals surface area contributed by atoms with E-state index in [4.69, 9.17) is 0 Å². The second-order valence-corrected chi connectivity index (χ2v) is 3.44. The summed E-state index contributed by atoms with van der Waals surface area (Å²) in [6.07, 6.45) is -0.140. The van der Waals surface area contributed by atoms with E-state index in [0.717, 1.165) is 18.2 Å². The average Bonchev–Trinajstić information content (AvgIpc) is 2.20. The molecular weight excluding hydrogens is 269 g/mol. The lowest BCUT2D eigenvalue weighted by Gasteiger charge is -2.00. The van der Waals surface area contributed by atoms with Crippen LogP contribution in [0.1, 0.15) is 5.56 Å². The normalized spacial score (nSPS) is 10.0. The Morgan fingerprint density at radius 3 is 2.73 bits per heavy atom. The molecule has 1 aromatic carbocycles. The topological polar surface area (TPSA) is 60.2 Å². The number of ketones is 1. The molecule has 0 heterocycles. The summed E-state index contributed by atoms with van der Waals surface area (Å²) in [5, 5.41) is 10.5. The first-order chi connectivity index (χ1) is 7.04. The third-order valence-corrected chi connectivity index (χ3v) is 2.40. The number of non-ortho nitro benzene ring substituents is 1. The molecule has 0 spiro atoms. The van der Waals surface area contributed by atoms with Gasteiger partial charge in [0.25, 0.3) is 5.69 Å². The van der Waals surface area contributed by atoms with Gasteiger partial charge in [-0.1, -0.05) is 15.9 Å². The maximum Gasteiger partial charge on any atom is 0.269 e. The summed E-state index contributed by atoms with van der Waals surface area (Å²) >= 11 is 2.94. The lowest BCUT2D eigenvalue weighted by atomic mass is 10.1. The second-order valence-electron chi connectivity index (χ2n) is 2.88. The zero-order valence-corrected chi connectivity index (χ0v) is 9.16. The molecule has 1 rings (SSSR count). The van der Waals surface area contributed by atoms with Crippen molar-refractivity contribution >= 4 is 27.4 Å². The number of alkyl halides is 1. The van der Waals surface area contributed by atoms with Crippen LogP contribution in [0, 0.1) is 15.9 Å². The number of hydrogen-bond acceptors (Lipinski definition) is 3. The Morgan fingerprint density at radius 1 is 1.53 bits per heavy atom. The number of halogens is 2. The molecule has 0 aliphatic rings. The van der Waals surface area contributed by atoms with Gasteiger partial charge < -0.3 is 0 Å². The highest BCUT2D eigenvalue weighted by atomic mass is 79.9. The summed E-state index contributed by atoms with van der Waals surface area (Å²) in [4.78, 5) is 20.8. The third kappa shape index (κ3) is 3.09. The lowest BCUT2D eigenvalue weighted by molar-refractivity contribution is -0.385. The van der Waals surface area contributed by atoms with E-state index in [2.05, 4.69) is 15.9 Å². The monoisotopic (exact) mass is 275 g/mol. The van der Waals surface area contributed by atoms with Crippen LogP contribution in [-0.2, 0) is 11.2 Å². The number of carbonyl (C=O) groups is 1. The van der Waals surface area contributed by atoms with Gasteiger partial charge in [-0.25, -0.2) is 4.39 Å². The van der Waals surface area contributed by atoms with Gasteiger partial charge in [0.05, 0.1) is 10.3 Å². The van der Waals surface area contributed by atoms with Gasteiger partial charge in [-0.05, 0) is 6.07 Å². The molecule has 0 aliphatic carbocycles. The number of nitrogens with zero attached hydrogens (tertiary/aromatic N) is 1. The SMILES string of the molecule is O=C(CBr)Cc1cc([N+](=O)[O-])ccc1F. The minimum absolute atomic E-state index is 0.0497. The molecule has 80 valence electrons. The Hall–Kier alpha value is -1.30. The first-order valence-corrected chi connectivity index (χ1v) is 5.17. The Balaban J connectivity index is 3.00. The van der Waals surface area contributed by atoms with Gasteiger partial charge in [0.1, 0.15) is 11.6 Å². The van der Waals surface area contributed by atoms with E-state index in [0.29, 0.717) is 0 Å². The fourth-order valence-corrected chi connectivity index (χ4v) is 1.27. The zero-order chi connectivity index (χ0) is 11.4. The highest BCUT2D eigenvalue weighted by molar-refractivity contribution is 9.09. The number of carbonyl (C=O) groups excluding carboxylic acids is 1. The van der Waals surface area contributed by atoms with Crippen LogP contribution in [0.15, 0.2) is 18.2 Å². The van der Waals surface area contributed by atoms with Crippen LogP contribution in [0.25, 0.3) is 0 Å². The molecule has 0 unspecified atom stereocenters. The lowest BCUT2D eigenvalue weighted by Crippen LogP contribution is -2.05. The van der Waals surface area contributed by atoms with E-state index in [9.17, 15) is 19.3 Å². The molecule has 4 nitrogen and oxygen atoms in total. The molecular formula is C9H7BrFNO3. The molecule has 0 aromatic heterocycles. The van der Waals surface area contributed by atoms with Crippen LogP contribution >= 0.6 is 15.9 Å². The van der Waals surface area contributed by atoms with Crippen molar-refractivity contribution < 1.29 is 14.1 Å². The summed E-state index contributed by atoms with van der Waals surface area (Å²) in [6, 6.07) is 3.14. The van der Waals surface area contributed by atoms with E-state index in [-0.39, 0.29) is 28.8 Å². The summed E-state index contributed by atoms with van der Waals surface area (Å²) in [7, 11) is 0. The van der Waals surface area contributed by atoms with Crippen LogP contribution in [0.5, 0.6) is 0 Å². The van der Waals surface area contributed by atoms with E-state index in [1.807, 2.05) is 0 Å². The quantitative estimate of drug-likeness (QED) is 0.481. The van der Waals surface area contributed by atoms with Crippen LogP contribution in [-0.4, -0.2) is 16.0 Å². The van der Waals surface area contributed by atoms with Gasteiger partial charge in [0, 0.05) is 24.1 Å². The van der Waals surface area contributed by atoms with Gasteiger partial charge in [0.15, 0.2) is 0 Å². The minimum Gasteiger partial charge on any atom is -0.298 e. The molecule has 0 amide bonds. The molecule has 0 N–H and O–H groups in total. The van der Waals surface area contributed by atoms with Crippen LogP contribution < -0.4 is 0 Å². The maximum atomic E-state index is 13.1. The second kappa shape index (κ2) is 4.97. The Kier molecular flexibility index (Phi) is 3.90. The van der Waals surface area contributed by atoms with Gasteiger partial charge >= 0.3 is 0 Å². The summed E-state index contributed by atoms with van der Waals surface area (Å²) in [6.45, 7) is 0. The van der Waals surface area contributed by atoms with Gasteiger partial charge in [-0.3, -0.25) is 14.9 Å². The van der Waals surface area contributed by atoms with Crippen molar-refractivity contribution in [2.75, 3.05) is 5.33 Å². The Labute approximate surface area is 93.4 Å². The molecule has 0 aliphatic heterocycles. The minimum atomic E-state index is -0.623. The molecule has 0 fully saturated rings. The number of Topliss-reactive ketones (excluding diaryl/α,β-unsaturated/α-hetero) is 1. The Morgan fingerprint density at radius 2 is 2.20 bits per heavy atom. The molecule has 0 radical (unpaired) electrons. The largest absolute Gasteiger partial charge is 0.298 e. The number of nitro benzene ring substituents is 1. The fraction of sp³-hybridized carbons (Fsp3) is 0.222. The Bertz CT molecular complexity index is 408. The molecule has 0 saturated carbocycles. The van der Waals surface area contributed by atoms with Crippen molar-refractivity contribution in [2.45, 2.75) is 6.42 Å². The van der Waals surface area contributed by atoms with Crippen LogP contribution in [0.4, 0.5) is 10.1 Å². The first kappa shape index (κ1) is 11.8. The van der Waals surface area contributed by atoms with E-state index in [1.54, 1.807) is 0 Å². The van der Waals surface area contributed by atoms with Crippen LogP contribution in [0.3, 0.4) is 0 Å². The fourth-order valence-electron chi connectivity index (χ4n) is 1.07. The predicted molar refractivity (Wildman–Crippen MR) is 55.6 cm³/mol. The van der Waals surface area contributed by atoms with Gasteiger partial charge in [0.2, 0.25) is 0 Å². The number of hydrogen-bond donors (Lipinski definition) is 0. The third-order valence-electron chi connectivity index (χ3n) is 1.78. The number of benzene rings is 1. The highest BCUT2D eigenvalue weighted by Crippen LogP contribution is 2.17. The average molecular weight is 276 g/mol. The van der Waals surface area contributed by atoms with E-state index >= 15 is 0 Å². The van der Waals surface area contributed by atoms with Gasteiger partial charge in [-0.2, -0.15) is 0 Å². The molecule has 15 heavy (non-hydrogen) atoms. The molecule has 1 aromatic rings. The molecule has 0 bridgehead atoms. The summed E-state index contributed by atoms with van der Waals surface area (Å²) < 4.78 is 13.1. The summed E-state index contributed by atoms with van der Waals surface area (Å²) in [5.41, 5.74) is -0.164. The molecule has 6 heteroatoms. The van der Waals surface area contributed by atoms with Gasteiger partial charge in [-0.15, -0.1) is 0 Å². The van der Waals surface area contributed by atoms with Crippen molar-refractivity contribution in [1.82, 2.24) is 0 Å². The smallest absolute Gasteiger partial charge is 0.269 e. The highest BCUT2D eigenvalue weighted by Gasteiger charge is 2.12. The maximum absolute atomic E-state index is 13.1. The van der Waals surface area contributed by atoms with Crippen molar-refractivity contribution in [3.05, 3.63) is 39.7 Å². The van der Waals surface area contributed by atoms with Crippen molar-refractivity contribution in [3.63, 3.8) is 0 Å². The van der Waals surface area contributed by atoms with E-state index < -0.39 is 10.7 Å². The van der Waals surface area contributed by atoms with Crippen molar-refractivity contribution in [1.29, 1.82) is 0 Å². The predicted octanol–water partition coefficient (Wildman–Crippen LogP) is 2.24. The van der Waals surface area contributed by atoms with E-state index in [1.165, 1.54) is 0 Å². The molecule has 0 atom stereocenters. The number of rotatable bonds is 4. The standard InChI is InChI=1S/C9H7BrFNO3/c10-5-8(13)4-6-3-7(12(14)15)1-2-9(6)11/h1-3H,4-5H2. The first-order valence-electron chi connectivity index (χ1n) is 4.05. The zero-order valence-electron chi connectivity index (χ0n) is 7.57. The summed E-state index contributed by atoms with van der Waals surface area (Å²) in [5.74, 6) is -0.829. The molecule has 0 saturated heterocycles. The number of nitro groups is 1. The van der Waals surface area contributed by atoms with Crippen molar-refractivity contribution in [3.8, 4) is 0 Å². The van der Waals surface area contributed by atoms with Crippen LogP contribution in [0.2, 0.25) is 0 Å².